The van der Waals surface area contributed by atoms with Crippen LogP contribution in [0, 0.1) is 0 Å². The van der Waals surface area contributed by atoms with Gasteiger partial charge in [0, 0.05) is 4.47 Å². The normalized spacial score (nSPS) is 10.4. The van der Waals surface area contributed by atoms with Gasteiger partial charge in [-0.3, -0.25) is 0 Å². The van der Waals surface area contributed by atoms with Crippen molar-refractivity contribution in [1.82, 2.24) is 0 Å². The molecule has 0 aliphatic heterocycles. The molecule has 23 heavy (non-hydrogen) atoms. The van der Waals surface area contributed by atoms with Gasteiger partial charge in [0.25, 0.3) is 0 Å². The van der Waals surface area contributed by atoms with Crippen LogP contribution in [0.5, 0.6) is 11.5 Å². The third-order valence-corrected chi connectivity index (χ3v) is 3.31. The molecule has 0 spiro atoms. The van der Waals surface area contributed by atoms with Crippen LogP contribution in [0.25, 0.3) is 0 Å². The van der Waals surface area contributed by atoms with Gasteiger partial charge in [-0.2, -0.15) is 0 Å². The number of esters is 1. The zero-order chi connectivity index (χ0) is 17.0. The molecule has 2 aromatic carbocycles. The molecule has 0 aliphatic rings. The van der Waals surface area contributed by atoms with E-state index in [1.807, 2.05) is 13.8 Å². The van der Waals surface area contributed by atoms with E-state index in [0.717, 1.165) is 0 Å². The minimum Gasteiger partial charge on any atom is -0.491 e. The molecule has 0 unspecified atom stereocenters. The van der Waals surface area contributed by atoms with Gasteiger partial charge in [0.1, 0.15) is 17.1 Å². The number of halogens is 1. The lowest BCUT2D eigenvalue weighted by Gasteiger charge is -2.11. The molecular formula is C17H15BrO5. The van der Waals surface area contributed by atoms with Gasteiger partial charge >= 0.3 is 11.9 Å². The van der Waals surface area contributed by atoms with Gasteiger partial charge in [-0.1, -0.05) is 22.0 Å². The molecule has 1 N–H and O–H groups in total. The number of hydrogen-bond acceptors (Lipinski definition) is 4. The predicted molar refractivity (Wildman–Crippen MR) is 88.3 cm³/mol. The number of carboxylic acid groups (broad SMARTS) is 1. The van der Waals surface area contributed by atoms with E-state index in [4.69, 9.17) is 9.47 Å². The number of aromatic carboxylic acids is 1. The van der Waals surface area contributed by atoms with Gasteiger partial charge < -0.3 is 14.6 Å². The summed E-state index contributed by atoms with van der Waals surface area (Å²) in [5.74, 6) is -1.29. The zero-order valence-electron chi connectivity index (χ0n) is 12.6. The standard InChI is InChI=1S/C17H15BrO5/c1-10(2)22-13-5-3-4-11(8-13)17(21)23-15-7-6-12(18)9-14(15)16(19)20/h3-10H,1-2H3,(H,19,20). The van der Waals surface area contributed by atoms with Gasteiger partial charge in [0.15, 0.2) is 0 Å². The van der Waals surface area contributed by atoms with E-state index < -0.39 is 11.9 Å². The summed E-state index contributed by atoms with van der Waals surface area (Å²) >= 11 is 3.19. The summed E-state index contributed by atoms with van der Waals surface area (Å²) in [4.78, 5) is 23.5. The SMILES string of the molecule is CC(C)Oc1cccc(C(=O)Oc2ccc(Br)cc2C(=O)O)c1. The fourth-order valence-electron chi connectivity index (χ4n) is 1.89. The summed E-state index contributed by atoms with van der Waals surface area (Å²) in [6.07, 6.45) is -0.0219. The summed E-state index contributed by atoms with van der Waals surface area (Å²) < 4.78 is 11.3. The molecule has 120 valence electrons. The van der Waals surface area contributed by atoms with Crippen LogP contribution < -0.4 is 9.47 Å². The lowest BCUT2D eigenvalue weighted by Crippen LogP contribution is -2.12. The number of carbonyl (C=O) groups is 2. The Morgan fingerprint density at radius 3 is 2.52 bits per heavy atom. The molecule has 2 aromatic rings. The van der Waals surface area contributed by atoms with Crippen molar-refractivity contribution in [3.63, 3.8) is 0 Å². The second-order valence-corrected chi connectivity index (χ2v) is 5.95. The van der Waals surface area contributed by atoms with Gasteiger partial charge in [-0.15, -0.1) is 0 Å². The maximum Gasteiger partial charge on any atom is 0.343 e. The molecule has 0 atom stereocenters. The van der Waals surface area contributed by atoms with Crippen molar-refractivity contribution in [2.45, 2.75) is 20.0 Å². The Kier molecular flexibility index (Phi) is 5.39. The summed E-state index contributed by atoms with van der Waals surface area (Å²) in [5, 5.41) is 9.18. The Morgan fingerprint density at radius 2 is 1.87 bits per heavy atom. The first-order chi connectivity index (χ1) is 10.9. The Bertz CT molecular complexity index is 740. The van der Waals surface area contributed by atoms with Crippen LogP contribution in [0.1, 0.15) is 34.6 Å². The highest BCUT2D eigenvalue weighted by Gasteiger charge is 2.17. The minimum absolute atomic E-state index is 0.0131. The van der Waals surface area contributed by atoms with Gasteiger partial charge in [0.05, 0.1) is 11.7 Å². The number of rotatable bonds is 5. The summed E-state index contributed by atoms with van der Waals surface area (Å²) in [7, 11) is 0. The fraction of sp³-hybridized carbons (Fsp3) is 0.176. The third kappa shape index (κ3) is 4.56. The Balaban J connectivity index is 2.24. The molecule has 0 saturated heterocycles. The molecule has 0 bridgehead atoms. The van der Waals surface area contributed by atoms with Crippen molar-refractivity contribution in [2.24, 2.45) is 0 Å². The van der Waals surface area contributed by atoms with Crippen molar-refractivity contribution in [3.8, 4) is 11.5 Å². The molecule has 0 amide bonds. The molecule has 5 nitrogen and oxygen atoms in total. The van der Waals surface area contributed by atoms with E-state index in [2.05, 4.69) is 15.9 Å². The third-order valence-electron chi connectivity index (χ3n) is 2.82. The Hall–Kier alpha value is -2.34. The van der Waals surface area contributed by atoms with Crippen molar-refractivity contribution in [1.29, 1.82) is 0 Å². The summed E-state index contributed by atoms with van der Waals surface area (Å²) in [6, 6.07) is 11.0. The largest absolute Gasteiger partial charge is 0.491 e. The van der Waals surface area contributed by atoms with Crippen molar-refractivity contribution in [3.05, 3.63) is 58.1 Å². The van der Waals surface area contributed by atoms with E-state index >= 15 is 0 Å². The summed E-state index contributed by atoms with van der Waals surface area (Å²) in [6.45, 7) is 3.76. The average Bonchev–Trinajstić information content (AvgIpc) is 2.48. The minimum atomic E-state index is -1.18. The first kappa shape index (κ1) is 17.0. The molecule has 0 aromatic heterocycles. The lowest BCUT2D eigenvalue weighted by molar-refractivity contribution is 0.0681. The molecule has 6 heteroatoms. The maximum absolute atomic E-state index is 12.2. The molecule has 0 aliphatic carbocycles. The van der Waals surface area contributed by atoms with E-state index in [-0.39, 0.29) is 23.0 Å². The van der Waals surface area contributed by atoms with Crippen LogP contribution in [0.2, 0.25) is 0 Å². The van der Waals surface area contributed by atoms with E-state index in [9.17, 15) is 14.7 Å². The summed E-state index contributed by atoms with van der Waals surface area (Å²) in [5.41, 5.74) is 0.185. The number of benzene rings is 2. The van der Waals surface area contributed by atoms with Gasteiger partial charge in [-0.05, 0) is 50.2 Å². The predicted octanol–water partition coefficient (Wildman–Crippen LogP) is 4.15. The van der Waals surface area contributed by atoms with Crippen molar-refractivity contribution in [2.75, 3.05) is 0 Å². The quantitative estimate of drug-likeness (QED) is 0.624. The van der Waals surface area contributed by atoms with E-state index in [1.54, 1.807) is 30.3 Å². The highest BCUT2D eigenvalue weighted by Crippen LogP contribution is 2.25. The van der Waals surface area contributed by atoms with Crippen LogP contribution in [0.15, 0.2) is 46.9 Å². The number of hydrogen-bond donors (Lipinski definition) is 1. The zero-order valence-corrected chi connectivity index (χ0v) is 14.2. The van der Waals surface area contributed by atoms with Crippen LogP contribution in [-0.4, -0.2) is 23.1 Å². The Morgan fingerprint density at radius 1 is 1.13 bits per heavy atom. The second-order valence-electron chi connectivity index (χ2n) is 5.03. The fourth-order valence-corrected chi connectivity index (χ4v) is 2.25. The topological polar surface area (TPSA) is 72.8 Å². The average molecular weight is 379 g/mol. The highest BCUT2D eigenvalue weighted by molar-refractivity contribution is 9.10. The lowest BCUT2D eigenvalue weighted by atomic mass is 10.2. The van der Waals surface area contributed by atoms with E-state index in [0.29, 0.717) is 10.2 Å². The molecule has 0 heterocycles. The van der Waals surface area contributed by atoms with Gasteiger partial charge in [0.2, 0.25) is 0 Å². The van der Waals surface area contributed by atoms with Crippen LogP contribution in [0.4, 0.5) is 0 Å². The van der Waals surface area contributed by atoms with Crippen molar-refractivity contribution < 1.29 is 24.2 Å². The highest BCUT2D eigenvalue weighted by atomic mass is 79.9. The Labute approximate surface area is 142 Å². The molecule has 0 fully saturated rings. The van der Waals surface area contributed by atoms with Crippen LogP contribution in [0.3, 0.4) is 0 Å². The monoisotopic (exact) mass is 378 g/mol. The molecule has 0 radical (unpaired) electrons. The molecule has 2 rings (SSSR count). The maximum atomic E-state index is 12.2. The van der Waals surface area contributed by atoms with Crippen LogP contribution in [-0.2, 0) is 0 Å². The number of carboxylic acids is 1. The first-order valence-corrected chi connectivity index (χ1v) is 7.68. The molecule has 0 saturated carbocycles. The number of ether oxygens (including phenoxy) is 2. The number of carbonyl (C=O) groups excluding carboxylic acids is 1. The van der Waals surface area contributed by atoms with E-state index in [1.165, 1.54) is 12.1 Å². The molecular weight excluding hydrogens is 364 g/mol. The first-order valence-electron chi connectivity index (χ1n) is 6.88. The van der Waals surface area contributed by atoms with Crippen LogP contribution >= 0.6 is 15.9 Å². The second kappa shape index (κ2) is 7.28. The van der Waals surface area contributed by atoms with Gasteiger partial charge in [-0.25, -0.2) is 9.59 Å². The smallest absolute Gasteiger partial charge is 0.343 e. The van der Waals surface area contributed by atoms with Crippen molar-refractivity contribution >= 4 is 27.9 Å².